The maximum absolute atomic E-state index is 14.0. The maximum Gasteiger partial charge on any atom is 0.172 e. The number of carbonyl (C=O) groups is 1. The lowest BCUT2D eigenvalue weighted by molar-refractivity contribution is -0.255. The fourth-order valence-electron chi connectivity index (χ4n) is 9.80. The summed E-state index contributed by atoms with van der Waals surface area (Å²) in [4.78, 5) is 14.0. The van der Waals surface area contributed by atoms with Crippen LogP contribution >= 0.6 is 0 Å². The first-order valence-corrected chi connectivity index (χ1v) is 13.0. The van der Waals surface area contributed by atoms with Crippen LogP contribution in [0.15, 0.2) is 12.2 Å². The van der Waals surface area contributed by atoms with Gasteiger partial charge in [0.1, 0.15) is 5.78 Å². The molecule has 2 N–H and O–H groups in total. The molecule has 2 saturated heterocycles. The fourth-order valence-corrected chi connectivity index (χ4v) is 9.80. The third-order valence-corrected chi connectivity index (χ3v) is 11.6. The molecule has 5 nitrogen and oxygen atoms in total. The van der Waals surface area contributed by atoms with Crippen LogP contribution in [0.4, 0.5) is 0 Å². The number of hydrogen-bond donors (Lipinski definition) is 2. The van der Waals surface area contributed by atoms with E-state index in [0.717, 1.165) is 37.7 Å². The van der Waals surface area contributed by atoms with E-state index in [-0.39, 0.29) is 28.8 Å². The Morgan fingerprint density at radius 1 is 1.09 bits per heavy atom. The Balaban J connectivity index is 1.31. The molecule has 0 amide bonds. The van der Waals surface area contributed by atoms with E-state index in [0.29, 0.717) is 55.3 Å². The van der Waals surface area contributed by atoms with Gasteiger partial charge in [-0.05, 0) is 67.6 Å². The molecule has 4 aliphatic carbocycles. The van der Waals surface area contributed by atoms with Gasteiger partial charge in [-0.15, -0.1) is 0 Å². The van der Waals surface area contributed by atoms with Crippen LogP contribution in [0.5, 0.6) is 0 Å². The summed E-state index contributed by atoms with van der Waals surface area (Å²) in [6.45, 7) is 11.4. The first-order chi connectivity index (χ1) is 15.1. The molecule has 12 atom stereocenters. The largest absolute Gasteiger partial charge is 0.390 e. The number of fused-ring (bicyclic) bond motifs is 7. The van der Waals surface area contributed by atoms with Crippen LogP contribution in [-0.2, 0) is 14.3 Å². The summed E-state index contributed by atoms with van der Waals surface area (Å²) < 4.78 is 13.0. The highest BCUT2D eigenvalue weighted by atomic mass is 16.7. The minimum absolute atomic E-state index is 0.0587. The average Bonchev–Trinajstić information content (AvgIpc) is 3.19. The SMILES string of the molecule is C=C1CCC2(OC1)OC1CC3C4CCC5CC(O)C(O)CC5(C)C4CC(=O)C3(C)C1C2C. The summed E-state index contributed by atoms with van der Waals surface area (Å²) in [6.07, 6.45) is 5.71. The smallest absolute Gasteiger partial charge is 0.172 e. The molecule has 0 radical (unpaired) electrons. The number of rotatable bonds is 0. The van der Waals surface area contributed by atoms with Crippen molar-refractivity contribution < 1.29 is 24.5 Å². The predicted octanol–water partition coefficient (Wildman–Crippen LogP) is 3.86. The molecule has 2 aliphatic heterocycles. The second-order valence-corrected chi connectivity index (χ2v) is 12.7. The Kier molecular flexibility index (Phi) is 4.69. The van der Waals surface area contributed by atoms with E-state index in [9.17, 15) is 15.0 Å². The summed E-state index contributed by atoms with van der Waals surface area (Å²) >= 11 is 0. The molecule has 2 heterocycles. The van der Waals surface area contributed by atoms with Gasteiger partial charge in [0.2, 0.25) is 0 Å². The molecule has 0 aromatic carbocycles. The van der Waals surface area contributed by atoms with Gasteiger partial charge >= 0.3 is 0 Å². The van der Waals surface area contributed by atoms with Crippen molar-refractivity contribution in [1.82, 2.24) is 0 Å². The molecule has 0 aromatic heterocycles. The van der Waals surface area contributed by atoms with Crippen LogP contribution in [0.25, 0.3) is 0 Å². The molecular weight excluding hydrogens is 404 g/mol. The van der Waals surface area contributed by atoms with Crippen molar-refractivity contribution in [3.63, 3.8) is 0 Å². The Morgan fingerprint density at radius 3 is 2.59 bits per heavy atom. The van der Waals surface area contributed by atoms with Gasteiger partial charge in [0.05, 0.1) is 24.9 Å². The Labute approximate surface area is 191 Å². The number of ether oxygens (including phenoxy) is 2. The highest BCUT2D eigenvalue weighted by Gasteiger charge is 2.71. The standard InChI is InChI=1S/C27H40O5/c1-14-7-8-27(31-13-14)15(2)24-22(32-27)10-19-17-6-5-16-9-20(28)21(29)12-25(16,3)18(17)11-23(30)26(19,24)4/h15-22,24,28-29H,1,5-13H2,2-4H3. The Hall–Kier alpha value is -0.750. The monoisotopic (exact) mass is 444 g/mol. The van der Waals surface area contributed by atoms with E-state index >= 15 is 0 Å². The first-order valence-electron chi connectivity index (χ1n) is 13.0. The summed E-state index contributed by atoms with van der Waals surface area (Å²) in [6, 6.07) is 0. The normalized spacial score (nSPS) is 59.5. The molecule has 0 bridgehead atoms. The number of Topliss-reactive ketones (excluding diaryl/α,β-unsaturated/α-hetero) is 1. The van der Waals surface area contributed by atoms with Gasteiger partial charge in [0, 0.05) is 30.1 Å². The van der Waals surface area contributed by atoms with Crippen molar-refractivity contribution in [1.29, 1.82) is 0 Å². The van der Waals surface area contributed by atoms with E-state index in [4.69, 9.17) is 9.47 Å². The van der Waals surface area contributed by atoms with Crippen molar-refractivity contribution in [2.45, 2.75) is 96.2 Å². The average molecular weight is 445 g/mol. The highest BCUT2D eigenvalue weighted by Crippen LogP contribution is 2.70. The molecule has 1 spiro atoms. The van der Waals surface area contributed by atoms with Gasteiger partial charge in [-0.1, -0.05) is 32.9 Å². The van der Waals surface area contributed by atoms with Gasteiger partial charge in [0.25, 0.3) is 0 Å². The molecular formula is C27H40O5. The number of aliphatic hydroxyl groups excluding tert-OH is 2. The van der Waals surface area contributed by atoms with Crippen molar-refractivity contribution >= 4 is 5.78 Å². The summed E-state index contributed by atoms with van der Waals surface area (Å²) in [7, 11) is 0. The van der Waals surface area contributed by atoms with Gasteiger partial charge < -0.3 is 19.7 Å². The molecule has 178 valence electrons. The van der Waals surface area contributed by atoms with Crippen molar-refractivity contribution in [3.8, 4) is 0 Å². The second-order valence-electron chi connectivity index (χ2n) is 12.7. The lowest BCUT2D eigenvalue weighted by Crippen LogP contribution is -2.59. The second kappa shape index (κ2) is 6.90. The van der Waals surface area contributed by atoms with Gasteiger partial charge in [-0.2, -0.15) is 0 Å². The van der Waals surface area contributed by atoms with Crippen LogP contribution in [0.3, 0.4) is 0 Å². The van der Waals surface area contributed by atoms with Crippen LogP contribution in [-0.4, -0.2) is 46.7 Å². The van der Waals surface area contributed by atoms with Gasteiger partial charge in [0.15, 0.2) is 5.79 Å². The van der Waals surface area contributed by atoms with E-state index in [1.807, 2.05) is 0 Å². The molecule has 6 rings (SSSR count). The van der Waals surface area contributed by atoms with E-state index < -0.39 is 18.0 Å². The molecule has 6 fully saturated rings. The van der Waals surface area contributed by atoms with E-state index in [1.54, 1.807) is 0 Å². The lowest BCUT2D eigenvalue weighted by Gasteiger charge is -2.61. The number of ketones is 1. The summed E-state index contributed by atoms with van der Waals surface area (Å²) in [5.41, 5.74) is 0.730. The highest BCUT2D eigenvalue weighted by molar-refractivity contribution is 5.87. The zero-order valence-corrected chi connectivity index (χ0v) is 19.9. The van der Waals surface area contributed by atoms with Crippen molar-refractivity contribution in [2.75, 3.05) is 6.61 Å². The molecule has 4 saturated carbocycles. The van der Waals surface area contributed by atoms with Crippen LogP contribution in [0, 0.1) is 46.3 Å². The third-order valence-electron chi connectivity index (χ3n) is 11.6. The minimum atomic E-state index is -0.664. The van der Waals surface area contributed by atoms with Crippen molar-refractivity contribution in [2.24, 2.45) is 46.3 Å². The quantitative estimate of drug-likeness (QED) is 0.555. The van der Waals surface area contributed by atoms with Crippen LogP contribution in [0.2, 0.25) is 0 Å². The maximum atomic E-state index is 14.0. The van der Waals surface area contributed by atoms with Crippen LogP contribution < -0.4 is 0 Å². The van der Waals surface area contributed by atoms with Crippen LogP contribution in [0.1, 0.15) is 72.1 Å². The molecule has 32 heavy (non-hydrogen) atoms. The summed E-state index contributed by atoms with van der Waals surface area (Å²) in [5.74, 6) is 1.86. The van der Waals surface area contributed by atoms with Gasteiger partial charge in [-0.25, -0.2) is 0 Å². The number of carbonyl (C=O) groups excluding carboxylic acids is 1. The van der Waals surface area contributed by atoms with E-state index in [1.165, 1.54) is 0 Å². The summed E-state index contributed by atoms with van der Waals surface area (Å²) in [5, 5.41) is 20.8. The Bertz CT molecular complexity index is 828. The van der Waals surface area contributed by atoms with Crippen molar-refractivity contribution in [3.05, 3.63) is 12.2 Å². The number of aliphatic hydroxyl groups is 2. The molecule has 12 unspecified atom stereocenters. The zero-order valence-electron chi connectivity index (χ0n) is 19.9. The fraction of sp³-hybridized carbons (Fsp3) is 0.889. The predicted molar refractivity (Wildman–Crippen MR) is 119 cm³/mol. The molecule has 5 heteroatoms. The lowest BCUT2D eigenvalue weighted by atomic mass is 9.43. The molecule has 0 aromatic rings. The number of hydrogen-bond acceptors (Lipinski definition) is 5. The first kappa shape index (κ1) is 21.8. The van der Waals surface area contributed by atoms with E-state index in [2.05, 4.69) is 27.4 Å². The zero-order chi connectivity index (χ0) is 22.6. The molecule has 6 aliphatic rings. The third kappa shape index (κ3) is 2.63. The minimum Gasteiger partial charge on any atom is -0.390 e. The van der Waals surface area contributed by atoms with Gasteiger partial charge in [-0.3, -0.25) is 4.79 Å². The Morgan fingerprint density at radius 2 is 1.88 bits per heavy atom. The topological polar surface area (TPSA) is 76.0 Å².